The molecule has 0 bridgehead atoms. The Bertz CT molecular complexity index is 953. The van der Waals surface area contributed by atoms with E-state index in [9.17, 15) is 10.1 Å². The number of aromatic nitrogens is 1. The molecule has 0 fully saturated rings. The van der Waals surface area contributed by atoms with Crippen LogP contribution < -0.4 is 5.32 Å². The first-order valence-electron chi connectivity index (χ1n) is 7.80. The summed E-state index contributed by atoms with van der Waals surface area (Å²) in [5.41, 5.74) is 2.94. The third-order valence-electron chi connectivity index (χ3n) is 3.52. The molecule has 1 heterocycles. The predicted octanol–water partition coefficient (Wildman–Crippen LogP) is 5.11. The molecular weight excluding hydrogens is 410 g/mol. The van der Waals surface area contributed by atoms with E-state index in [1.54, 1.807) is 6.07 Å². The monoisotopic (exact) mass is 423 g/mol. The lowest BCUT2D eigenvalue weighted by molar-refractivity contribution is -0.113. The molecule has 26 heavy (non-hydrogen) atoms. The summed E-state index contributed by atoms with van der Waals surface area (Å²) in [5.74, 6) is 0.0313. The van der Waals surface area contributed by atoms with Gasteiger partial charge in [-0.3, -0.25) is 4.79 Å². The number of nitrogens with one attached hydrogen (secondary N) is 1. The third-order valence-corrected chi connectivity index (χ3v) is 5.04. The van der Waals surface area contributed by atoms with Gasteiger partial charge in [0.1, 0.15) is 11.1 Å². The van der Waals surface area contributed by atoms with Gasteiger partial charge in [-0.15, -0.1) is 0 Å². The van der Waals surface area contributed by atoms with E-state index in [4.69, 9.17) is 0 Å². The van der Waals surface area contributed by atoms with Crippen LogP contribution in [0.1, 0.15) is 5.56 Å². The van der Waals surface area contributed by atoms with Crippen molar-refractivity contribution in [3.05, 3.63) is 76.8 Å². The molecule has 0 saturated heterocycles. The number of nitrogens with zero attached hydrogens (tertiary/aromatic N) is 2. The van der Waals surface area contributed by atoms with E-state index >= 15 is 0 Å². The molecule has 4 nitrogen and oxygen atoms in total. The van der Waals surface area contributed by atoms with E-state index in [2.05, 4.69) is 32.3 Å². The van der Waals surface area contributed by atoms with E-state index in [-0.39, 0.29) is 11.7 Å². The maximum Gasteiger partial charge on any atom is 0.234 e. The molecule has 0 spiro atoms. The number of amides is 1. The molecule has 3 rings (SSSR count). The molecule has 3 aromatic rings. The molecule has 0 aliphatic carbocycles. The molecule has 128 valence electrons. The van der Waals surface area contributed by atoms with Gasteiger partial charge in [0.2, 0.25) is 5.91 Å². The maximum absolute atomic E-state index is 12.2. The lowest BCUT2D eigenvalue weighted by atomic mass is 10.1. The van der Waals surface area contributed by atoms with Gasteiger partial charge in [0.15, 0.2) is 0 Å². The average Bonchev–Trinajstić information content (AvgIpc) is 2.68. The Morgan fingerprint density at radius 2 is 1.81 bits per heavy atom. The summed E-state index contributed by atoms with van der Waals surface area (Å²) in [6.07, 6.45) is 0. The van der Waals surface area contributed by atoms with Crippen LogP contribution in [-0.2, 0) is 4.79 Å². The smallest absolute Gasteiger partial charge is 0.234 e. The number of halogens is 1. The number of hydrogen-bond donors (Lipinski definition) is 1. The minimum atomic E-state index is -0.145. The summed E-state index contributed by atoms with van der Waals surface area (Å²) >= 11 is 4.62. The highest BCUT2D eigenvalue weighted by atomic mass is 79.9. The number of anilines is 1. The third kappa shape index (κ3) is 4.72. The number of benzene rings is 2. The first-order chi connectivity index (χ1) is 12.7. The Kier molecular flexibility index (Phi) is 6.05. The molecule has 0 aliphatic rings. The number of carbonyl (C=O) groups is 1. The molecule has 0 radical (unpaired) electrons. The molecular formula is C20H14BrN3OS. The van der Waals surface area contributed by atoms with Gasteiger partial charge in [-0.2, -0.15) is 5.26 Å². The lowest BCUT2D eigenvalue weighted by Crippen LogP contribution is -2.14. The fourth-order valence-corrected chi connectivity index (χ4v) is 3.31. The van der Waals surface area contributed by atoms with Crippen LogP contribution in [0.2, 0.25) is 0 Å². The van der Waals surface area contributed by atoms with Crippen LogP contribution in [0.5, 0.6) is 0 Å². The van der Waals surface area contributed by atoms with Gasteiger partial charge < -0.3 is 5.32 Å². The highest BCUT2D eigenvalue weighted by Crippen LogP contribution is 2.25. The Hall–Kier alpha value is -2.62. The number of pyridine rings is 1. The van der Waals surface area contributed by atoms with Crippen LogP contribution in [0, 0.1) is 11.3 Å². The van der Waals surface area contributed by atoms with Gasteiger partial charge in [-0.1, -0.05) is 58.0 Å². The lowest BCUT2D eigenvalue weighted by Gasteiger charge is -2.08. The van der Waals surface area contributed by atoms with Crippen molar-refractivity contribution in [1.82, 2.24) is 4.98 Å². The highest BCUT2D eigenvalue weighted by molar-refractivity contribution is 9.10. The van der Waals surface area contributed by atoms with Crippen molar-refractivity contribution in [2.75, 3.05) is 11.1 Å². The van der Waals surface area contributed by atoms with Crippen molar-refractivity contribution in [3.8, 4) is 17.3 Å². The molecule has 1 N–H and O–H groups in total. The van der Waals surface area contributed by atoms with Gasteiger partial charge in [-0.05, 0) is 36.4 Å². The van der Waals surface area contributed by atoms with Gasteiger partial charge in [0.05, 0.1) is 17.0 Å². The second kappa shape index (κ2) is 8.65. The van der Waals surface area contributed by atoms with Gasteiger partial charge in [-0.25, -0.2) is 4.98 Å². The zero-order valence-electron chi connectivity index (χ0n) is 13.6. The summed E-state index contributed by atoms with van der Waals surface area (Å²) in [7, 11) is 0. The highest BCUT2D eigenvalue weighted by Gasteiger charge is 2.11. The van der Waals surface area contributed by atoms with E-state index < -0.39 is 0 Å². The second-order valence-electron chi connectivity index (χ2n) is 5.37. The van der Waals surface area contributed by atoms with Crippen LogP contribution in [0.15, 0.2) is 76.2 Å². The maximum atomic E-state index is 12.2. The fourth-order valence-electron chi connectivity index (χ4n) is 2.27. The summed E-state index contributed by atoms with van der Waals surface area (Å²) in [6, 6.07) is 22.8. The van der Waals surface area contributed by atoms with Gasteiger partial charge in [0, 0.05) is 15.7 Å². The quantitative estimate of drug-likeness (QED) is 0.578. The van der Waals surface area contributed by atoms with Crippen LogP contribution in [0.3, 0.4) is 0 Å². The van der Waals surface area contributed by atoms with E-state index in [1.165, 1.54) is 11.8 Å². The van der Waals surface area contributed by atoms with Crippen molar-refractivity contribution in [2.24, 2.45) is 0 Å². The molecule has 6 heteroatoms. The van der Waals surface area contributed by atoms with Gasteiger partial charge in [0.25, 0.3) is 0 Å². The van der Waals surface area contributed by atoms with Gasteiger partial charge >= 0.3 is 0 Å². The summed E-state index contributed by atoms with van der Waals surface area (Å²) in [4.78, 5) is 16.7. The first-order valence-corrected chi connectivity index (χ1v) is 9.58. The minimum Gasteiger partial charge on any atom is -0.325 e. The Morgan fingerprint density at radius 3 is 2.50 bits per heavy atom. The minimum absolute atomic E-state index is 0.145. The van der Waals surface area contributed by atoms with Crippen LogP contribution in [-0.4, -0.2) is 16.6 Å². The normalized spacial score (nSPS) is 10.2. The number of rotatable bonds is 5. The van der Waals surface area contributed by atoms with Crippen molar-refractivity contribution in [3.63, 3.8) is 0 Å². The number of nitriles is 1. The van der Waals surface area contributed by atoms with Crippen LogP contribution in [0.4, 0.5) is 5.69 Å². The van der Waals surface area contributed by atoms with Crippen molar-refractivity contribution in [2.45, 2.75) is 5.03 Å². The zero-order chi connectivity index (χ0) is 18.4. The Balaban J connectivity index is 1.71. The molecule has 1 amide bonds. The van der Waals surface area contributed by atoms with Crippen molar-refractivity contribution < 1.29 is 4.79 Å². The largest absolute Gasteiger partial charge is 0.325 e. The molecule has 0 saturated carbocycles. The molecule has 0 unspecified atom stereocenters. The van der Waals surface area contributed by atoms with Crippen molar-refractivity contribution >= 4 is 39.3 Å². The number of thioether (sulfide) groups is 1. The SMILES string of the molecule is N#Cc1ccc(-c2ccccc2)nc1SCC(=O)Nc1ccc(Br)cc1. The zero-order valence-corrected chi connectivity index (χ0v) is 16.0. The van der Waals surface area contributed by atoms with E-state index in [0.717, 1.165) is 21.4 Å². The number of carbonyl (C=O) groups excluding carboxylic acids is 1. The van der Waals surface area contributed by atoms with E-state index in [0.29, 0.717) is 10.6 Å². The topological polar surface area (TPSA) is 65.8 Å². The fraction of sp³-hybridized carbons (Fsp3) is 0.0500. The molecule has 1 aromatic heterocycles. The van der Waals surface area contributed by atoms with Crippen LogP contribution >= 0.6 is 27.7 Å². The Morgan fingerprint density at radius 1 is 1.08 bits per heavy atom. The Labute approximate surface area is 164 Å². The van der Waals surface area contributed by atoms with E-state index in [1.807, 2.05) is 60.7 Å². The number of hydrogen-bond acceptors (Lipinski definition) is 4. The second-order valence-corrected chi connectivity index (χ2v) is 7.25. The first kappa shape index (κ1) is 18.2. The summed E-state index contributed by atoms with van der Waals surface area (Å²) in [5, 5.41) is 12.7. The summed E-state index contributed by atoms with van der Waals surface area (Å²) in [6.45, 7) is 0. The van der Waals surface area contributed by atoms with Crippen LogP contribution in [0.25, 0.3) is 11.3 Å². The molecule has 2 aromatic carbocycles. The standard InChI is InChI=1S/C20H14BrN3OS/c21-16-7-9-17(10-8-16)23-19(25)13-26-20-15(12-22)6-11-18(24-20)14-4-2-1-3-5-14/h1-11H,13H2,(H,23,25). The average molecular weight is 424 g/mol. The molecule has 0 aliphatic heterocycles. The van der Waals surface area contributed by atoms with Crippen molar-refractivity contribution in [1.29, 1.82) is 5.26 Å². The molecule has 0 atom stereocenters. The predicted molar refractivity (Wildman–Crippen MR) is 108 cm³/mol. The summed E-state index contributed by atoms with van der Waals surface area (Å²) < 4.78 is 0.950.